The highest BCUT2D eigenvalue weighted by Crippen LogP contribution is 2.30. The molecule has 0 aromatic heterocycles. The van der Waals surface area contributed by atoms with Crippen LogP contribution < -0.4 is 5.32 Å². The van der Waals surface area contributed by atoms with Gasteiger partial charge < -0.3 is 10.2 Å². The summed E-state index contributed by atoms with van der Waals surface area (Å²) in [6.45, 7) is 6.14. The number of halogens is 1. The summed E-state index contributed by atoms with van der Waals surface area (Å²) < 4.78 is 26.3. The summed E-state index contributed by atoms with van der Waals surface area (Å²) in [5.74, 6) is -0.932. The van der Waals surface area contributed by atoms with E-state index in [0.717, 1.165) is 9.87 Å². The topological polar surface area (TPSA) is 104 Å². The smallest absolute Gasteiger partial charge is 0.269 e. The van der Waals surface area contributed by atoms with Gasteiger partial charge >= 0.3 is 0 Å². The lowest BCUT2D eigenvalue weighted by molar-refractivity contribution is -0.140. The van der Waals surface area contributed by atoms with E-state index in [2.05, 4.69) is 5.32 Å². The first-order valence-electron chi connectivity index (χ1n) is 11.5. The summed E-state index contributed by atoms with van der Waals surface area (Å²) in [6, 6.07) is 12.3. The Labute approximate surface area is 211 Å². The van der Waals surface area contributed by atoms with Gasteiger partial charge in [0.25, 0.3) is 15.9 Å². The highest BCUT2D eigenvalue weighted by atomic mass is 35.5. The van der Waals surface area contributed by atoms with Crippen LogP contribution in [-0.2, 0) is 26.2 Å². The Balaban J connectivity index is 1.70. The number of rotatable bonds is 10. The van der Waals surface area contributed by atoms with Gasteiger partial charge in [0, 0.05) is 31.1 Å². The van der Waals surface area contributed by atoms with E-state index in [0.29, 0.717) is 11.6 Å². The molecular weight excluding hydrogens is 490 g/mol. The number of carbonyl (C=O) groups is 3. The van der Waals surface area contributed by atoms with E-state index >= 15 is 0 Å². The SMILES string of the molecule is CC(C)CNC(=O)[C@@H](C)N(Cc1cccc(Cl)c1)C(=O)CCCN1C(=O)c2ccccc2S1(=O)=O. The van der Waals surface area contributed by atoms with Crippen LogP contribution in [0, 0.1) is 5.92 Å². The monoisotopic (exact) mass is 519 g/mol. The van der Waals surface area contributed by atoms with Crippen molar-refractivity contribution in [3.8, 4) is 0 Å². The fourth-order valence-corrected chi connectivity index (χ4v) is 5.66. The van der Waals surface area contributed by atoms with Gasteiger partial charge in [-0.15, -0.1) is 0 Å². The van der Waals surface area contributed by atoms with Crippen LogP contribution in [0.4, 0.5) is 0 Å². The molecule has 3 rings (SSSR count). The summed E-state index contributed by atoms with van der Waals surface area (Å²) in [4.78, 5) is 40.0. The minimum Gasteiger partial charge on any atom is -0.354 e. The Morgan fingerprint density at radius 3 is 2.46 bits per heavy atom. The molecule has 8 nitrogen and oxygen atoms in total. The highest BCUT2D eigenvalue weighted by Gasteiger charge is 2.40. The van der Waals surface area contributed by atoms with Crippen LogP contribution in [0.5, 0.6) is 0 Å². The molecule has 0 unspecified atom stereocenters. The molecule has 188 valence electrons. The minimum absolute atomic E-state index is 0.0191. The van der Waals surface area contributed by atoms with Gasteiger partial charge in [-0.1, -0.05) is 49.7 Å². The third kappa shape index (κ3) is 6.21. The molecule has 2 aromatic rings. The number of hydrogen-bond acceptors (Lipinski definition) is 5. The second-order valence-electron chi connectivity index (χ2n) is 8.95. The van der Waals surface area contributed by atoms with Crippen molar-refractivity contribution < 1.29 is 22.8 Å². The van der Waals surface area contributed by atoms with Crippen molar-refractivity contribution in [2.45, 2.75) is 51.1 Å². The van der Waals surface area contributed by atoms with Gasteiger partial charge in [0.1, 0.15) is 10.9 Å². The van der Waals surface area contributed by atoms with Gasteiger partial charge in [-0.05, 0) is 49.1 Å². The Hall–Kier alpha value is -2.91. The maximum atomic E-state index is 13.2. The van der Waals surface area contributed by atoms with E-state index in [1.165, 1.54) is 17.0 Å². The van der Waals surface area contributed by atoms with Crippen LogP contribution in [-0.4, -0.2) is 54.5 Å². The molecule has 0 spiro atoms. The molecule has 0 saturated carbocycles. The zero-order chi connectivity index (χ0) is 25.8. The Morgan fingerprint density at radius 1 is 1.09 bits per heavy atom. The van der Waals surface area contributed by atoms with E-state index in [1.54, 1.807) is 37.3 Å². The first-order chi connectivity index (χ1) is 16.5. The molecule has 0 saturated heterocycles. The van der Waals surface area contributed by atoms with Crippen molar-refractivity contribution in [2.75, 3.05) is 13.1 Å². The third-order valence-corrected chi connectivity index (χ3v) is 7.83. The quantitative estimate of drug-likeness (QED) is 0.517. The first kappa shape index (κ1) is 26.7. The van der Waals surface area contributed by atoms with Gasteiger partial charge in [-0.2, -0.15) is 0 Å². The van der Waals surface area contributed by atoms with Crippen molar-refractivity contribution in [1.82, 2.24) is 14.5 Å². The Kier molecular flexibility index (Phi) is 8.56. The Bertz CT molecular complexity index is 1220. The lowest BCUT2D eigenvalue weighted by Gasteiger charge is -2.29. The molecule has 1 aliphatic rings. The number of carbonyl (C=O) groups excluding carboxylic acids is 3. The number of fused-ring (bicyclic) bond motifs is 1. The molecule has 1 N–H and O–H groups in total. The largest absolute Gasteiger partial charge is 0.354 e. The zero-order valence-electron chi connectivity index (χ0n) is 20.0. The number of sulfonamides is 1. The summed E-state index contributed by atoms with van der Waals surface area (Å²) in [6.07, 6.45) is 0.0994. The molecule has 2 aromatic carbocycles. The highest BCUT2D eigenvalue weighted by molar-refractivity contribution is 7.90. The van der Waals surface area contributed by atoms with Crippen LogP contribution in [0.3, 0.4) is 0 Å². The lowest BCUT2D eigenvalue weighted by atomic mass is 10.1. The second kappa shape index (κ2) is 11.2. The molecule has 35 heavy (non-hydrogen) atoms. The molecule has 10 heteroatoms. The molecule has 3 amide bonds. The normalized spacial score (nSPS) is 15.1. The van der Waals surface area contributed by atoms with Crippen molar-refractivity contribution in [1.29, 1.82) is 0 Å². The number of hydrogen-bond donors (Lipinski definition) is 1. The van der Waals surface area contributed by atoms with Crippen LogP contribution in [0.1, 0.15) is 49.5 Å². The van der Waals surface area contributed by atoms with Crippen LogP contribution >= 0.6 is 11.6 Å². The number of benzene rings is 2. The molecule has 0 radical (unpaired) electrons. The molecule has 0 bridgehead atoms. The van der Waals surface area contributed by atoms with E-state index in [9.17, 15) is 22.8 Å². The van der Waals surface area contributed by atoms with Gasteiger partial charge in [0.05, 0.1) is 5.56 Å². The average molecular weight is 520 g/mol. The minimum atomic E-state index is -3.93. The molecule has 1 atom stereocenters. The number of nitrogens with one attached hydrogen (secondary N) is 1. The summed E-state index contributed by atoms with van der Waals surface area (Å²) in [5, 5.41) is 3.37. The second-order valence-corrected chi connectivity index (χ2v) is 11.2. The third-order valence-electron chi connectivity index (χ3n) is 5.76. The van der Waals surface area contributed by atoms with Crippen molar-refractivity contribution >= 4 is 39.3 Å². The van der Waals surface area contributed by atoms with E-state index < -0.39 is 22.0 Å². The Morgan fingerprint density at radius 2 is 1.80 bits per heavy atom. The summed E-state index contributed by atoms with van der Waals surface area (Å²) in [5.41, 5.74) is 0.902. The van der Waals surface area contributed by atoms with Crippen molar-refractivity contribution in [3.63, 3.8) is 0 Å². The van der Waals surface area contributed by atoms with Crippen LogP contribution in [0.2, 0.25) is 5.02 Å². The van der Waals surface area contributed by atoms with E-state index in [4.69, 9.17) is 11.6 Å². The standard InChI is InChI=1S/C25H30ClN3O5S/c1-17(2)15-27-24(31)18(3)28(16-19-8-6-9-20(26)14-19)23(30)12-7-13-29-25(32)21-10-4-5-11-22(21)35(29,33)34/h4-6,8-11,14,17-18H,7,12-13,15-16H2,1-3H3,(H,27,31)/t18-/m1/s1. The van der Waals surface area contributed by atoms with Crippen molar-refractivity contribution in [3.05, 3.63) is 64.7 Å². The van der Waals surface area contributed by atoms with Gasteiger partial charge in [-0.3, -0.25) is 14.4 Å². The molecule has 0 fully saturated rings. The predicted octanol–water partition coefficient (Wildman–Crippen LogP) is 3.45. The number of amides is 3. The fraction of sp³-hybridized carbons (Fsp3) is 0.400. The van der Waals surface area contributed by atoms with Crippen molar-refractivity contribution in [2.24, 2.45) is 5.92 Å². The lowest BCUT2D eigenvalue weighted by Crippen LogP contribution is -2.48. The molecule has 0 aliphatic carbocycles. The first-order valence-corrected chi connectivity index (χ1v) is 13.3. The van der Waals surface area contributed by atoms with Crippen LogP contribution in [0.25, 0.3) is 0 Å². The molecule has 1 aliphatic heterocycles. The van der Waals surface area contributed by atoms with E-state index in [-0.39, 0.29) is 54.1 Å². The van der Waals surface area contributed by atoms with Crippen LogP contribution in [0.15, 0.2) is 53.4 Å². The molecular formula is C25H30ClN3O5S. The van der Waals surface area contributed by atoms with Gasteiger partial charge in [-0.25, -0.2) is 12.7 Å². The number of nitrogens with zero attached hydrogens (tertiary/aromatic N) is 2. The summed E-state index contributed by atoms with van der Waals surface area (Å²) >= 11 is 6.09. The van der Waals surface area contributed by atoms with E-state index in [1.807, 2.05) is 19.9 Å². The average Bonchev–Trinajstić information content (AvgIpc) is 3.01. The molecule has 1 heterocycles. The zero-order valence-corrected chi connectivity index (χ0v) is 21.6. The van der Waals surface area contributed by atoms with Gasteiger partial charge in [0.15, 0.2) is 0 Å². The maximum absolute atomic E-state index is 13.2. The summed E-state index contributed by atoms with van der Waals surface area (Å²) in [7, 11) is -3.93. The predicted molar refractivity (Wildman–Crippen MR) is 133 cm³/mol. The maximum Gasteiger partial charge on any atom is 0.269 e. The fourth-order valence-electron chi connectivity index (χ4n) is 3.84. The van der Waals surface area contributed by atoms with Gasteiger partial charge in [0.2, 0.25) is 11.8 Å².